The van der Waals surface area contributed by atoms with E-state index in [1.54, 1.807) is 0 Å². The summed E-state index contributed by atoms with van der Waals surface area (Å²) in [6.45, 7) is 7.81. The smallest absolute Gasteiger partial charge is 0.254 e. The van der Waals surface area contributed by atoms with Gasteiger partial charge in [-0.15, -0.1) is 0 Å². The Morgan fingerprint density at radius 3 is 2.35 bits per heavy atom. The molecule has 0 aliphatic carbocycles. The first-order valence-corrected chi connectivity index (χ1v) is 7.70. The van der Waals surface area contributed by atoms with Crippen LogP contribution in [0.1, 0.15) is 56.0 Å². The van der Waals surface area contributed by atoms with Crippen molar-refractivity contribution in [2.24, 2.45) is 5.73 Å². The van der Waals surface area contributed by atoms with E-state index < -0.39 is 0 Å². The van der Waals surface area contributed by atoms with Crippen molar-refractivity contribution < 1.29 is 4.79 Å². The number of amides is 1. The zero-order valence-electron chi connectivity index (χ0n) is 13.1. The number of unbranched alkanes of at least 4 members (excludes halogenated alkanes) is 2. The van der Waals surface area contributed by atoms with Crippen molar-refractivity contribution in [3.05, 3.63) is 35.4 Å². The lowest BCUT2D eigenvalue weighted by Crippen LogP contribution is -2.37. The predicted molar refractivity (Wildman–Crippen MR) is 84.9 cm³/mol. The van der Waals surface area contributed by atoms with E-state index in [2.05, 4.69) is 20.8 Å². The molecule has 0 aromatic heterocycles. The number of hydrogen-bond donors (Lipinski definition) is 1. The van der Waals surface area contributed by atoms with Gasteiger partial charge in [0.2, 0.25) is 0 Å². The van der Waals surface area contributed by atoms with Crippen LogP contribution in [0.2, 0.25) is 0 Å². The normalized spacial score (nSPS) is 10.8. The van der Waals surface area contributed by atoms with Crippen molar-refractivity contribution >= 4 is 5.91 Å². The second kappa shape index (κ2) is 8.75. The minimum Gasteiger partial charge on any atom is -0.336 e. The molecule has 1 amide bonds. The molecule has 112 valence electrons. The predicted octanol–water partition coefficient (Wildman–Crippen LogP) is 3.23. The Bertz CT molecular complexity index is 398. The highest BCUT2D eigenvalue weighted by molar-refractivity contribution is 5.94. The van der Waals surface area contributed by atoms with Gasteiger partial charge < -0.3 is 10.6 Å². The molecule has 0 radical (unpaired) electrons. The number of rotatable bonds is 8. The Morgan fingerprint density at radius 1 is 1.20 bits per heavy atom. The Kier molecular flexibility index (Phi) is 7.31. The Morgan fingerprint density at radius 2 is 1.85 bits per heavy atom. The average molecular weight is 276 g/mol. The Hall–Kier alpha value is -1.35. The number of carbonyl (C=O) groups excluding carboxylic acids is 1. The second-order valence-corrected chi connectivity index (χ2v) is 5.54. The topological polar surface area (TPSA) is 46.3 Å². The molecule has 0 atom stereocenters. The summed E-state index contributed by atoms with van der Waals surface area (Å²) in [4.78, 5) is 14.5. The summed E-state index contributed by atoms with van der Waals surface area (Å²) in [5, 5.41) is 0. The van der Waals surface area contributed by atoms with Crippen LogP contribution in [0.3, 0.4) is 0 Å². The summed E-state index contributed by atoms with van der Waals surface area (Å²) in [6, 6.07) is 8.09. The van der Waals surface area contributed by atoms with Crippen LogP contribution in [0.25, 0.3) is 0 Å². The van der Waals surface area contributed by atoms with Gasteiger partial charge in [0, 0.05) is 18.2 Å². The molecule has 1 aromatic carbocycles. The van der Waals surface area contributed by atoms with Crippen LogP contribution in [-0.4, -0.2) is 29.9 Å². The van der Waals surface area contributed by atoms with Crippen LogP contribution < -0.4 is 5.73 Å². The standard InChI is InChI=1S/C17H28N2O/c1-4-5-6-13-19(14(2)3)17(20)16-9-7-15(8-10-16)11-12-18/h7-10,14H,4-6,11-13,18H2,1-3H3. The molecule has 0 aliphatic rings. The van der Waals surface area contributed by atoms with E-state index in [1.807, 2.05) is 29.2 Å². The fraction of sp³-hybridized carbons (Fsp3) is 0.588. The molecule has 0 saturated carbocycles. The van der Waals surface area contributed by atoms with Crippen LogP contribution in [0.5, 0.6) is 0 Å². The Labute approximate surface area is 123 Å². The van der Waals surface area contributed by atoms with E-state index in [1.165, 1.54) is 18.4 Å². The highest BCUT2D eigenvalue weighted by Gasteiger charge is 2.17. The Balaban J connectivity index is 2.72. The van der Waals surface area contributed by atoms with Gasteiger partial charge in [-0.3, -0.25) is 4.79 Å². The fourth-order valence-corrected chi connectivity index (χ4v) is 2.27. The number of nitrogens with zero attached hydrogens (tertiary/aromatic N) is 1. The molecular formula is C17H28N2O. The molecular weight excluding hydrogens is 248 g/mol. The fourth-order valence-electron chi connectivity index (χ4n) is 2.27. The first-order valence-electron chi connectivity index (χ1n) is 7.70. The van der Waals surface area contributed by atoms with Gasteiger partial charge in [-0.25, -0.2) is 0 Å². The summed E-state index contributed by atoms with van der Waals surface area (Å²) < 4.78 is 0. The highest BCUT2D eigenvalue weighted by atomic mass is 16.2. The molecule has 0 saturated heterocycles. The van der Waals surface area contributed by atoms with Crippen LogP contribution in [0, 0.1) is 0 Å². The zero-order valence-corrected chi connectivity index (χ0v) is 13.1. The van der Waals surface area contributed by atoms with Gasteiger partial charge in [0.15, 0.2) is 0 Å². The molecule has 1 rings (SSSR count). The molecule has 2 N–H and O–H groups in total. The maximum Gasteiger partial charge on any atom is 0.254 e. The first-order chi connectivity index (χ1) is 9.60. The molecule has 0 unspecified atom stereocenters. The van der Waals surface area contributed by atoms with Gasteiger partial charge in [-0.2, -0.15) is 0 Å². The van der Waals surface area contributed by atoms with Crippen molar-refractivity contribution in [3.8, 4) is 0 Å². The van der Waals surface area contributed by atoms with Crippen molar-refractivity contribution in [3.63, 3.8) is 0 Å². The van der Waals surface area contributed by atoms with Gasteiger partial charge >= 0.3 is 0 Å². The highest BCUT2D eigenvalue weighted by Crippen LogP contribution is 2.12. The van der Waals surface area contributed by atoms with Gasteiger partial charge in [-0.1, -0.05) is 31.9 Å². The van der Waals surface area contributed by atoms with E-state index >= 15 is 0 Å². The lowest BCUT2D eigenvalue weighted by Gasteiger charge is -2.27. The number of nitrogens with two attached hydrogens (primary N) is 1. The first kappa shape index (κ1) is 16.7. The van der Waals surface area contributed by atoms with E-state index in [-0.39, 0.29) is 11.9 Å². The third kappa shape index (κ3) is 4.97. The van der Waals surface area contributed by atoms with E-state index in [4.69, 9.17) is 5.73 Å². The summed E-state index contributed by atoms with van der Waals surface area (Å²) >= 11 is 0. The molecule has 0 spiro atoms. The van der Waals surface area contributed by atoms with Gasteiger partial charge in [0.05, 0.1) is 0 Å². The SMILES string of the molecule is CCCCCN(C(=O)c1ccc(CCN)cc1)C(C)C. The third-order valence-corrected chi connectivity index (χ3v) is 3.52. The maximum atomic E-state index is 12.6. The number of hydrogen-bond acceptors (Lipinski definition) is 2. The van der Waals surface area contributed by atoms with Crippen LogP contribution in [-0.2, 0) is 6.42 Å². The molecule has 1 aromatic rings. The lowest BCUT2D eigenvalue weighted by atomic mass is 10.1. The molecule has 20 heavy (non-hydrogen) atoms. The van der Waals surface area contributed by atoms with Crippen molar-refractivity contribution in [1.29, 1.82) is 0 Å². The van der Waals surface area contributed by atoms with Crippen molar-refractivity contribution in [2.75, 3.05) is 13.1 Å². The minimum absolute atomic E-state index is 0.135. The molecule has 0 aliphatic heterocycles. The maximum absolute atomic E-state index is 12.6. The zero-order chi connectivity index (χ0) is 15.0. The summed E-state index contributed by atoms with van der Waals surface area (Å²) in [5.41, 5.74) is 7.50. The number of carbonyl (C=O) groups is 1. The van der Waals surface area contributed by atoms with Crippen LogP contribution in [0.15, 0.2) is 24.3 Å². The molecule has 3 heteroatoms. The minimum atomic E-state index is 0.135. The molecule has 0 heterocycles. The largest absolute Gasteiger partial charge is 0.336 e. The summed E-state index contributed by atoms with van der Waals surface area (Å²) in [5.74, 6) is 0.135. The van der Waals surface area contributed by atoms with Crippen molar-refractivity contribution in [1.82, 2.24) is 4.90 Å². The molecule has 0 fully saturated rings. The average Bonchev–Trinajstić information content (AvgIpc) is 2.44. The molecule has 0 bridgehead atoms. The van der Waals surface area contributed by atoms with E-state index in [9.17, 15) is 4.79 Å². The van der Waals surface area contributed by atoms with Gasteiger partial charge in [-0.05, 0) is 50.9 Å². The molecule has 3 nitrogen and oxygen atoms in total. The summed E-state index contributed by atoms with van der Waals surface area (Å²) in [7, 11) is 0. The van der Waals surface area contributed by atoms with E-state index in [0.29, 0.717) is 6.54 Å². The summed E-state index contributed by atoms with van der Waals surface area (Å²) in [6.07, 6.45) is 4.28. The van der Waals surface area contributed by atoms with E-state index in [0.717, 1.165) is 24.9 Å². The van der Waals surface area contributed by atoms with Gasteiger partial charge in [0.1, 0.15) is 0 Å². The quantitative estimate of drug-likeness (QED) is 0.741. The van der Waals surface area contributed by atoms with Crippen LogP contribution >= 0.6 is 0 Å². The second-order valence-electron chi connectivity index (χ2n) is 5.54. The third-order valence-electron chi connectivity index (χ3n) is 3.52. The monoisotopic (exact) mass is 276 g/mol. The lowest BCUT2D eigenvalue weighted by molar-refractivity contribution is 0.0702. The number of benzene rings is 1. The van der Waals surface area contributed by atoms with Crippen LogP contribution in [0.4, 0.5) is 0 Å². The van der Waals surface area contributed by atoms with Gasteiger partial charge in [0.25, 0.3) is 5.91 Å². The van der Waals surface area contributed by atoms with Crippen molar-refractivity contribution in [2.45, 2.75) is 52.5 Å².